The number of amides is 1. The maximum Gasteiger partial charge on any atom is 0.255 e. The van der Waals surface area contributed by atoms with Gasteiger partial charge in [-0.1, -0.05) is 24.3 Å². The third kappa shape index (κ3) is 4.08. The molecule has 1 aliphatic rings. The van der Waals surface area contributed by atoms with Gasteiger partial charge in [-0.2, -0.15) is 0 Å². The van der Waals surface area contributed by atoms with Gasteiger partial charge in [0, 0.05) is 6.42 Å². The summed E-state index contributed by atoms with van der Waals surface area (Å²) >= 11 is 0. The average molecular weight is 357 g/mol. The van der Waals surface area contributed by atoms with Crippen LogP contribution in [0.3, 0.4) is 0 Å². The summed E-state index contributed by atoms with van der Waals surface area (Å²) in [4.78, 5) is 12.8. The second kappa shape index (κ2) is 8.58. The highest BCUT2D eigenvalue weighted by Gasteiger charge is 2.30. The van der Waals surface area contributed by atoms with Gasteiger partial charge in [-0.3, -0.25) is 4.79 Å². The molecular formula is C20H23NO5. The van der Waals surface area contributed by atoms with Crippen LogP contribution >= 0.6 is 0 Å². The van der Waals surface area contributed by atoms with Crippen molar-refractivity contribution >= 4 is 5.91 Å². The van der Waals surface area contributed by atoms with Crippen LogP contribution in [0.5, 0.6) is 17.2 Å². The first-order valence-electron chi connectivity index (χ1n) is 8.54. The Bertz CT molecular complexity index is 734. The summed E-state index contributed by atoms with van der Waals surface area (Å²) in [6.07, 6.45) is 0.543. The smallest absolute Gasteiger partial charge is 0.255 e. The van der Waals surface area contributed by atoms with Crippen LogP contribution < -0.4 is 19.5 Å². The van der Waals surface area contributed by atoms with E-state index >= 15 is 0 Å². The minimum atomic E-state index is -0.257. The molecule has 0 saturated carbocycles. The van der Waals surface area contributed by atoms with E-state index in [1.807, 2.05) is 30.3 Å². The number of methoxy groups -OCH3 is 2. The summed E-state index contributed by atoms with van der Waals surface area (Å²) in [5.41, 5.74) is 0.413. The standard InChI is InChI=1S/C20H23NO5/c1-23-18-10-6-9-15(19(18)24-2)20(22)21-16-13-25-12-11-17(16)26-14-7-4-3-5-8-14/h3-10,16-17H,11-13H2,1-2H3,(H,21,22)/t16-,17+/m1/s1. The van der Waals surface area contributed by atoms with Crippen molar-refractivity contribution < 1.29 is 23.7 Å². The molecule has 1 N–H and O–H groups in total. The monoisotopic (exact) mass is 357 g/mol. The van der Waals surface area contributed by atoms with E-state index in [1.165, 1.54) is 14.2 Å². The summed E-state index contributed by atoms with van der Waals surface area (Å²) in [6.45, 7) is 1.00. The fraction of sp³-hybridized carbons (Fsp3) is 0.350. The van der Waals surface area contributed by atoms with E-state index in [1.54, 1.807) is 18.2 Å². The van der Waals surface area contributed by atoms with E-state index in [0.29, 0.717) is 36.7 Å². The molecular weight excluding hydrogens is 334 g/mol. The fourth-order valence-corrected chi connectivity index (χ4v) is 2.98. The predicted octanol–water partition coefficient (Wildman–Crippen LogP) is 2.67. The number of benzene rings is 2. The number of hydrogen-bond acceptors (Lipinski definition) is 5. The number of hydrogen-bond donors (Lipinski definition) is 1. The Morgan fingerprint density at radius 2 is 1.88 bits per heavy atom. The Kier molecular flexibility index (Phi) is 5.96. The van der Waals surface area contributed by atoms with Crippen molar-refractivity contribution in [1.29, 1.82) is 0 Å². The molecule has 0 unspecified atom stereocenters. The molecule has 2 aromatic rings. The van der Waals surface area contributed by atoms with Crippen molar-refractivity contribution in [3.05, 3.63) is 54.1 Å². The van der Waals surface area contributed by atoms with Gasteiger partial charge in [0.2, 0.25) is 0 Å². The third-order valence-electron chi connectivity index (χ3n) is 4.29. The Hall–Kier alpha value is -2.73. The summed E-state index contributed by atoms with van der Waals surface area (Å²) in [7, 11) is 3.05. The van der Waals surface area contributed by atoms with Crippen molar-refractivity contribution in [2.24, 2.45) is 0 Å². The number of carbonyl (C=O) groups excluding carboxylic acids is 1. The fourth-order valence-electron chi connectivity index (χ4n) is 2.98. The van der Waals surface area contributed by atoms with E-state index in [-0.39, 0.29) is 18.1 Å². The number of carbonyl (C=O) groups is 1. The average Bonchev–Trinajstić information content (AvgIpc) is 2.69. The maximum atomic E-state index is 12.8. The first kappa shape index (κ1) is 18.1. The van der Waals surface area contributed by atoms with E-state index in [0.717, 1.165) is 5.75 Å². The van der Waals surface area contributed by atoms with Gasteiger partial charge in [0.05, 0.1) is 39.0 Å². The molecule has 3 rings (SSSR count). The molecule has 1 saturated heterocycles. The van der Waals surface area contributed by atoms with Crippen molar-refractivity contribution in [1.82, 2.24) is 5.32 Å². The molecule has 0 aromatic heterocycles. The molecule has 1 heterocycles. The molecule has 138 valence electrons. The second-order valence-electron chi connectivity index (χ2n) is 5.95. The van der Waals surface area contributed by atoms with Crippen molar-refractivity contribution in [3.63, 3.8) is 0 Å². The molecule has 0 aliphatic carbocycles. The number of nitrogens with one attached hydrogen (secondary N) is 1. The van der Waals surface area contributed by atoms with Gasteiger partial charge in [0.15, 0.2) is 11.5 Å². The van der Waals surface area contributed by atoms with Gasteiger partial charge in [0.25, 0.3) is 5.91 Å². The van der Waals surface area contributed by atoms with Crippen molar-refractivity contribution in [2.45, 2.75) is 18.6 Å². The topological polar surface area (TPSA) is 66.0 Å². The van der Waals surface area contributed by atoms with Crippen molar-refractivity contribution in [3.8, 4) is 17.2 Å². The lowest BCUT2D eigenvalue weighted by atomic mass is 10.1. The van der Waals surface area contributed by atoms with Crippen LogP contribution in [-0.4, -0.2) is 45.5 Å². The zero-order valence-electron chi connectivity index (χ0n) is 14.9. The van der Waals surface area contributed by atoms with E-state index in [2.05, 4.69) is 5.32 Å². The molecule has 0 radical (unpaired) electrons. The third-order valence-corrected chi connectivity index (χ3v) is 4.29. The Balaban J connectivity index is 1.74. The maximum absolute atomic E-state index is 12.8. The lowest BCUT2D eigenvalue weighted by molar-refractivity contribution is -0.00291. The lowest BCUT2D eigenvalue weighted by Gasteiger charge is -2.32. The molecule has 0 spiro atoms. The van der Waals surface area contributed by atoms with Gasteiger partial charge in [-0.05, 0) is 24.3 Å². The highest BCUT2D eigenvalue weighted by atomic mass is 16.5. The second-order valence-corrected chi connectivity index (χ2v) is 5.95. The van der Waals surface area contributed by atoms with Crippen molar-refractivity contribution in [2.75, 3.05) is 27.4 Å². The van der Waals surface area contributed by atoms with Crippen LogP contribution in [0, 0.1) is 0 Å². The van der Waals surface area contributed by atoms with Gasteiger partial charge in [0.1, 0.15) is 11.9 Å². The molecule has 2 atom stereocenters. The zero-order valence-corrected chi connectivity index (χ0v) is 14.9. The molecule has 0 bridgehead atoms. The molecule has 1 amide bonds. The van der Waals surface area contributed by atoms with E-state index < -0.39 is 0 Å². The Morgan fingerprint density at radius 3 is 2.62 bits per heavy atom. The number of ether oxygens (including phenoxy) is 4. The lowest BCUT2D eigenvalue weighted by Crippen LogP contribution is -2.51. The number of rotatable bonds is 6. The van der Waals surface area contributed by atoms with Gasteiger partial charge in [-0.15, -0.1) is 0 Å². The van der Waals surface area contributed by atoms with Gasteiger partial charge in [-0.25, -0.2) is 0 Å². The highest BCUT2D eigenvalue weighted by Crippen LogP contribution is 2.30. The van der Waals surface area contributed by atoms with Crippen LogP contribution in [0.25, 0.3) is 0 Å². The van der Waals surface area contributed by atoms with Crippen LogP contribution in [0.1, 0.15) is 16.8 Å². The molecule has 2 aromatic carbocycles. The van der Waals surface area contributed by atoms with Crippen LogP contribution in [0.2, 0.25) is 0 Å². The number of para-hydroxylation sites is 2. The SMILES string of the molecule is COc1cccc(C(=O)N[C@@H]2COCC[C@@H]2Oc2ccccc2)c1OC. The van der Waals surface area contributed by atoms with E-state index in [4.69, 9.17) is 18.9 Å². The summed E-state index contributed by atoms with van der Waals surface area (Å²) in [5, 5.41) is 3.01. The summed E-state index contributed by atoms with van der Waals surface area (Å²) in [6, 6.07) is 14.5. The van der Waals surface area contributed by atoms with Gasteiger partial charge >= 0.3 is 0 Å². The molecule has 1 aliphatic heterocycles. The first-order valence-corrected chi connectivity index (χ1v) is 8.54. The summed E-state index contributed by atoms with van der Waals surface area (Å²) in [5.74, 6) is 1.44. The molecule has 26 heavy (non-hydrogen) atoms. The molecule has 6 heteroatoms. The van der Waals surface area contributed by atoms with Gasteiger partial charge < -0.3 is 24.3 Å². The minimum absolute atomic E-state index is 0.160. The quantitative estimate of drug-likeness (QED) is 0.861. The summed E-state index contributed by atoms with van der Waals surface area (Å²) < 4.78 is 22.2. The Morgan fingerprint density at radius 1 is 1.08 bits per heavy atom. The molecule has 6 nitrogen and oxygen atoms in total. The van der Waals surface area contributed by atoms with E-state index in [9.17, 15) is 4.79 Å². The normalized spacial score (nSPS) is 19.5. The van der Waals surface area contributed by atoms with Crippen LogP contribution in [-0.2, 0) is 4.74 Å². The first-order chi connectivity index (χ1) is 12.7. The minimum Gasteiger partial charge on any atom is -0.493 e. The highest BCUT2D eigenvalue weighted by molar-refractivity contribution is 5.98. The molecule has 1 fully saturated rings. The Labute approximate surface area is 153 Å². The zero-order chi connectivity index (χ0) is 18.4. The van der Waals surface area contributed by atoms with Crippen LogP contribution in [0.15, 0.2) is 48.5 Å². The van der Waals surface area contributed by atoms with Crippen LogP contribution in [0.4, 0.5) is 0 Å². The predicted molar refractivity (Wildman–Crippen MR) is 97.1 cm³/mol. The largest absolute Gasteiger partial charge is 0.493 e.